The summed E-state index contributed by atoms with van der Waals surface area (Å²) in [4.78, 5) is 25.9. The molecule has 8 bridgehead atoms. The lowest BCUT2D eigenvalue weighted by molar-refractivity contribution is -0.119. The van der Waals surface area contributed by atoms with Crippen LogP contribution in [0.25, 0.3) is 22.3 Å². The Morgan fingerprint density at radius 1 is 0.521 bits per heavy atom. The Hall–Kier alpha value is -4.26. The van der Waals surface area contributed by atoms with Crippen LogP contribution in [0.5, 0.6) is 0 Å². The number of piperidine rings is 2. The van der Waals surface area contributed by atoms with Crippen molar-refractivity contribution in [2.75, 3.05) is 10.6 Å². The van der Waals surface area contributed by atoms with Crippen LogP contribution in [0.3, 0.4) is 0 Å². The van der Waals surface area contributed by atoms with Gasteiger partial charge in [-0.1, -0.05) is 60.7 Å². The first-order chi connectivity index (χ1) is 23.5. The van der Waals surface area contributed by atoms with Gasteiger partial charge in [0.2, 0.25) is 11.8 Å². The van der Waals surface area contributed by atoms with Crippen molar-refractivity contribution >= 4 is 23.2 Å². The van der Waals surface area contributed by atoms with Gasteiger partial charge in [0.25, 0.3) is 0 Å². The van der Waals surface area contributed by atoms with Gasteiger partial charge in [-0.05, 0) is 145 Å². The van der Waals surface area contributed by atoms with E-state index in [-0.39, 0.29) is 23.9 Å². The van der Waals surface area contributed by atoms with Crippen molar-refractivity contribution in [1.29, 1.82) is 0 Å². The molecule has 48 heavy (non-hydrogen) atoms. The minimum absolute atomic E-state index is 0.0549. The largest absolute Gasteiger partial charge is 0.325 e. The van der Waals surface area contributed by atoms with Crippen molar-refractivity contribution in [3.05, 3.63) is 107 Å². The molecule has 6 nitrogen and oxygen atoms in total. The number of fused-ring (bicyclic) bond motifs is 4. The number of aryl methyl sites for hydroxylation is 4. The van der Waals surface area contributed by atoms with Crippen molar-refractivity contribution in [2.45, 2.75) is 88.4 Å². The SMILES string of the molecule is O=C(Nc1ccc(-c2cc3ccc2CCc2ccc(c(-c4ccc(NC(=O)[C@H]5N[C@@H]6CC[C@H]5C6)cc4)c2)CC3)cc1)[C@H]1N[C@@H]2CC[C@H]1C2. The van der Waals surface area contributed by atoms with Crippen LogP contribution in [0.1, 0.15) is 60.8 Å². The van der Waals surface area contributed by atoms with Gasteiger partial charge >= 0.3 is 0 Å². The van der Waals surface area contributed by atoms with Crippen LogP contribution in [0, 0.1) is 11.8 Å². The number of benzene rings is 4. The summed E-state index contributed by atoms with van der Waals surface area (Å²) in [6.45, 7) is 0. The van der Waals surface area contributed by atoms with Crippen LogP contribution in [0.15, 0.2) is 84.9 Å². The molecule has 0 spiro atoms. The van der Waals surface area contributed by atoms with E-state index < -0.39 is 0 Å². The number of nitrogens with one attached hydrogen (secondary N) is 4. The zero-order valence-corrected chi connectivity index (χ0v) is 27.4. The van der Waals surface area contributed by atoms with Crippen molar-refractivity contribution in [3.63, 3.8) is 0 Å². The highest BCUT2D eigenvalue weighted by Crippen LogP contribution is 2.37. The Kier molecular flexibility index (Phi) is 7.66. The maximum absolute atomic E-state index is 13.0. The second-order valence-corrected chi connectivity index (χ2v) is 14.9. The fourth-order valence-electron chi connectivity index (χ4n) is 9.30. The van der Waals surface area contributed by atoms with E-state index in [9.17, 15) is 9.59 Å². The van der Waals surface area contributed by atoms with E-state index in [4.69, 9.17) is 0 Å². The second kappa shape index (κ2) is 12.3. The summed E-state index contributed by atoms with van der Waals surface area (Å²) >= 11 is 0. The maximum Gasteiger partial charge on any atom is 0.241 e. The highest BCUT2D eigenvalue weighted by Gasteiger charge is 2.43. The molecule has 4 fully saturated rings. The van der Waals surface area contributed by atoms with E-state index in [1.54, 1.807) is 0 Å². The molecule has 8 aliphatic rings. The van der Waals surface area contributed by atoms with Gasteiger partial charge in [0.05, 0.1) is 12.1 Å². The molecule has 4 N–H and O–H groups in total. The average molecular weight is 637 g/mol. The third-order valence-corrected chi connectivity index (χ3v) is 11.9. The third kappa shape index (κ3) is 5.75. The van der Waals surface area contributed by atoms with Crippen LogP contribution in [0.2, 0.25) is 0 Å². The predicted octanol–water partition coefficient (Wildman–Crippen LogP) is 7.06. The van der Waals surface area contributed by atoms with Crippen LogP contribution < -0.4 is 21.3 Å². The summed E-state index contributed by atoms with van der Waals surface area (Å²) in [6.07, 6.45) is 10.8. The average Bonchev–Trinajstić information content (AvgIpc) is 3.94. The molecule has 6 heteroatoms. The fraction of sp³-hybridized carbons (Fsp3) is 0.381. The molecule has 6 atom stereocenters. The summed E-state index contributed by atoms with van der Waals surface area (Å²) in [6, 6.07) is 31.7. The van der Waals surface area contributed by atoms with Crippen LogP contribution in [0.4, 0.5) is 11.4 Å². The number of carbonyl (C=O) groups is 2. The minimum atomic E-state index is -0.0549. The summed E-state index contributed by atoms with van der Waals surface area (Å²) in [5.74, 6) is 1.16. The normalized spacial score (nSPS) is 26.8. The molecular formula is C42H44N4O2. The second-order valence-electron chi connectivity index (χ2n) is 14.9. The number of rotatable bonds is 6. The third-order valence-electron chi connectivity index (χ3n) is 11.9. The Bertz CT molecular complexity index is 1730. The zero-order valence-electron chi connectivity index (χ0n) is 27.4. The van der Waals surface area contributed by atoms with Gasteiger partial charge in [0, 0.05) is 23.5 Å². The van der Waals surface area contributed by atoms with Crippen molar-refractivity contribution in [1.82, 2.24) is 10.6 Å². The standard InChI is InChI=1S/C42H44N4O2/c47-41(39-31-13-19-35(23-31)43-39)45-33-15-9-29(10-16-33)37-21-25-1-5-27(37)8-4-26-2-6-28(7-3-25)38(22-26)30-11-17-34(18-12-30)46-42(48)40-32-14-20-36(24-32)44-40/h1-2,5-6,9-12,15-18,21-22,31-32,35-36,39-40,43-44H,3-4,7-8,13-14,19-20,23-24H2,(H,45,47)(H,46,48)/t31-,32-,35+,36+,39-,40-/m0/s1. The molecular weight excluding hydrogens is 592 g/mol. The predicted molar refractivity (Wildman–Crippen MR) is 192 cm³/mol. The molecule has 244 valence electrons. The zero-order chi connectivity index (χ0) is 32.2. The van der Waals surface area contributed by atoms with Crippen molar-refractivity contribution < 1.29 is 9.59 Å². The van der Waals surface area contributed by atoms with E-state index in [1.165, 1.54) is 57.3 Å². The number of carbonyl (C=O) groups excluding carboxylic acids is 2. The molecule has 0 unspecified atom stereocenters. The van der Waals surface area contributed by atoms with Crippen molar-refractivity contribution in [3.8, 4) is 22.3 Å². The summed E-state index contributed by atoms with van der Waals surface area (Å²) in [5.41, 5.74) is 12.0. The van der Waals surface area contributed by atoms with Gasteiger partial charge < -0.3 is 21.3 Å². The van der Waals surface area contributed by atoms with Gasteiger partial charge in [-0.25, -0.2) is 0 Å². The van der Waals surface area contributed by atoms with E-state index >= 15 is 0 Å². The van der Waals surface area contributed by atoms with Crippen molar-refractivity contribution in [2.24, 2.45) is 11.8 Å². The van der Waals surface area contributed by atoms with E-state index in [0.717, 1.165) is 62.7 Å². The van der Waals surface area contributed by atoms with E-state index in [2.05, 4.69) is 106 Å². The summed E-state index contributed by atoms with van der Waals surface area (Å²) < 4.78 is 0. The number of anilines is 2. The monoisotopic (exact) mass is 636 g/mol. The van der Waals surface area contributed by atoms with Gasteiger partial charge in [-0.15, -0.1) is 0 Å². The number of hydrogen-bond donors (Lipinski definition) is 4. The van der Waals surface area contributed by atoms with Gasteiger partial charge in [-0.3, -0.25) is 9.59 Å². The summed E-state index contributed by atoms with van der Waals surface area (Å²) in [5, 5.41) is 13.3. The van der Waals surface area contributed by atoms with Crippen LogP contribution >= 0.6 is 0 Å². The Balaban J connectivity index is 0.899. The smallest absolute Gasteiger partial charge is 0.241 e. The quantitative estimate of drug-likeness (QED) is 0.183. The highest BCUT2D eigenvalue weighted by molar-refractivity contribution is 5.96. The molecule has 12 rings (SSSR count). The van der Waals surface area contributed by atoms with E-state index in [0.29, 0.717) is 23.9 Å². The fourth-order valence-corrected chi connectivity index (χ4v) is 9.30. The Morgan fingerprint density at radius 2 is 0.958 bits per heavy atom. The molecule has 2 saturated heterocycles. The molecule has 2 amide bonds. The van der Waals surface area contributed by atoms with Crippen LogP contribution in [-0.4, -0.2) is 36.0 Å². The first-order valence-corrected chi connectivity index (χ1v) is 18.1. The molecule has 4 aromatic carbocycles. The topological polar surface area (TPSA) is 82.3 Å². The summed E-state index contributed by atoms with van der Waals surface area (Å²) in [7, 11) is 0. The minimum Gasteiger partial charge on any atom is -0.325 e. The number of hydrogen-bond acceptors (Lipinski definition) is 4. The highest BCUT2D eigenvalue weighted by atomic mass is 16.2. The number of amides is 2. The first kappa shape index (κ1) is 29.8. The first-order valence-electron chi connectivity index (χ1n) is 18.1. The molecule has 4 aromatic rings. The molecule has 0 aromatic heterocycles. The molecule has 2 saturated carbocycles. The van der Waals surface area contributed by atoms with Gasteiger partial charge in [0.15, 0.2) is 0 Å². The van der Waals surface area contributed by atoms with Gasteiger partial charge in [-0.2, -0.15) is 0 Å². The maximum atomic E-state index is 13.0. The van der Waals surface area contributed by atoms with Gasteiger partial charge in [0.1, 0.15) is 0 Å². The lowest BCUT2D eigenvalue weighted by atomic mass is 9.87. The molecule has 2 aliphatic heterocycles. The Labute approximate surface area is 283 Å². The lowest BCUT2D eigenvalue weighted by Gasteiger charge is -2.22. The van der Waals surface area contributed by atoms with E-state index in [1.807, 2.05) is 0 Å². The molecule has 6 aliphatic carbocycles. The van der Waals surface area contributed by atoms with Crippen LogP contribution in [-0.2, 0) is 35.3 Å². The lowest BCUT2D eigenvalue weighted by Crippen LogP contribution is -2.44. The Morgan fingerprint density at radius 3 is 1.33 bits per heavy atom. The molecule has 2 heterocycles. The molecule has 0 radical (unpaired) electrons.